The largest absolute Gasteiger partial charge is 0.491 e. The average molecular weight is 265 g/mol. The number of hydrogen-bond acceptors (Lipinski definition) is 6. The molecule has 0 radical (unpaired) electrons. The van der Waals surface area contributed by atoms with Crippen LogP contribution in [-0.4, -0.2) is 41.9 Å². The molecule has 0 unspecified atom stereocenters. The summed E-state index contributed by atoms with van der Waals surface area (Å²) >= 11 is 0. The van der Waals surface area contributed by atoms with Crippen LogP contribution in [0.1, 0.15) is 17.4 Å². The monoisotopic (exact) mass is 265 g/mol. The summed E-state index contributed by atoms with van der Waals surface area (Å²) in [5, 5.41) is 20.7. The SMILES string of the molecule is CCNC(=O)c1ccn(Cn2cnc([N+](=O)[O-])n2)n1. The number of nitro groups is 1. The van der Waals surface area contributed by atoms with Crippen LogP contribution in [0.5, 0.6) is 0 Å². The molecule has 10 heteroatoms. The molecule has 0 bridgehead atoms. The maximum atomic E-state index is 11.5. The Morgan fingerprint density at radius 2 is 2.26 bits per heavy atom. The van der Waals surface area contributed by atoms with Crippen LogP contribution in [0.15, 0.2) is 18.6 Å². The van der Waals surface area contributed by atoms with Crippen molar-refractivity contribution >= 4 is 11.9 Å². The van der Waals surface area contributed by atoms with E-state index < -0.39 is 10.9 Å². The number of aromatic nitrogens is 5. The first-order valence-electron chi connectivity index (χ1n) is 5.45. The first-order valence-corrected chi connectivity index (χ1v) is 5.45. The molecule has 2 aromatic rings. The molecule has 1 N–H and O–H groups in total. The summed E-state index contributed by atoms with van der Waals surface area (Å²) in [7, 11) is 0. The predicted octanol–water partition coefficient (Wildman–Crippen LogP) is -0.362. The molecule has 0 saturated heterocycles. The summed E-state index contributed by atoms with van der Waals surface area (Å²) in [6.07, 6.45) is 2.81. The maximum Gasteiger partial charge on any atom is 0.491 e. The number of rotatable bonds is 5. The Balaban J connectivity index is 2.06. The van der Waals surface area contributed by atoms with Gasteiger partial charge in [-0.05, 0) is 17.9 Å². The molecular formula is C9H11N7O3. The number of nitrogens with zero attached hydrogens (tertiary/aromatic N) is 6. The lowest BCUT2D eigenvalue weighted by molar-refractivity contribution is -0.394. The van der Waals surface area contributed by atoms with E-state index in [1.807, 2.05) is 6.92 Å². The van der Waals surface area contributed by atoms with Crippen molar-refractivity contribution in [3.63, 3.8) is 0 Å². The van der Waals surface area contributed by atoms with Gasteiger partial charge in [0.25, 0.3) is 5.91 Å². The molecule has 100 valence electrons. The topological polar surface area (TPSA) is 121 Å². The number of carbonyl (C=O) groups is 1. The molecule has 0 aromatic carbocycles. The van der Waals surface area contributed by atoms with Crippen LogP contribution in [0.2, 0.25) is 0 Å². The smallest absolute Gasteiger partial charge is 0.390 e. The second-order valence-corrected chi connectivity index (χ2v) is 3.58. The summed E-state index contributed by atoms with van der Waals surface area (Å²) in [4.78, 5) is 24.8. The van der Waals surface area contributed by atoms with Crippen molar-refractivity contribution in [3.05, 3.63) is 34.4 Å². The molecule has 0 atom stereocenters. The first-order chi connectivity index (χ1) is 9.10. The fraction of sp³-hybridized carbons (Fsp3) is 0.333. The van der Waals surface area contributed by atoms with E-state index in [2.05, 4.69) is 20.5 Å². The highest BCUT2D eigenvalue weighted by molar-refractivity contribution is 5.92. The number of carbonyl (C=O) groups excluding carboxylic acids is 1. The quantitative estimate of drug-likeness (QED) is 0.582. The summed E-state index contributed by atoms with van der Waals surface area (Å²) in [5.74, 6) is -0.748. The zero-order valence-corrected chi connectivity index (χ0v) is 10.1. The fourth-order valence-corrected chi connectivity index (χ4v) is 1.40. The number of nitrogens with one attached hydrogen (secondary N) is 1. The van der Waals surface area contributed by atoms with Crippen LogP contribution in [0.4, 0.5) is 5.95 Å². The van der Waals surface area contributed by atoms with Gasteiger partial charge in [0.1, 0.15) is 5.69 Å². The van der Waals surface area contributed by atoms with Crippen molar-refractivity contribution in [1.82, 2.24) is 29.9 Å². The van der Waals surface area contributed by atoms with Crippen molar-refractivity contribution in [3.8, 4) is 0 Å². The zero-order chi connectivity index (χ0) is 13.8. The fourth-order valence-electron chi connectivity index (χ4n) is 1.40. The van der Waals surface area contributed by atoms with Gasteiger partial charge in [0.05, 0.1) is 0 Å². The van der Waals surface area contributed by atoms with Crippen molar-refractivity contribution in [2.24, 2.45) is 0 Å². The third kappa shape index (κ3) is 2.91. The normalized spacial score (nSPS) is 10.4. The highest BCUT2D eigenvalue weighted by atomic mass is 16.6. The molecule has 0 aliphatic rings. The Morgan fingerprint density at radius 3 is 2.89 bits per heavy atom. The highest BCUT2D eigenvalue weighted by Crippen LogP contribution is 2.01. The lowest BCUT2D eigenvalue weighted by Crippen LogP contribution is -2.23. The van der Waals surface area contributed by atoms with Crippen LogP contribution in [0.25, 0.3) is 0 Å². The van der Waals surface area contributed by atoms with E-state index in [4.69, 9.17) is 0 Å². The molecule has 0 spiro atoms. The van der Waals surface area contributed by atoms with Gasteiger partial charge < -0.3 is 15.4 Å². The summed E-state index contributed by atoms with van der Waals surface area (Å²) in [6.45, 7) is 2.46. The van der Waals surface area contributed by atoms with E-state index in [-0.39, 0.29) is 18.3 Å². The van der Waals surface area contributed by atoms with Crippen LogP contribution in [0.3, 0.4) is 0 Å². The second kappa shape index (κ2) is 5.25. The lowest BCUT2D eigenvalue weighted by Gasteiger charge is -1.98. The third-order valence-corrected chi connectivity index (χ3v) is 2.19. The van der Waals surface area contributed by atoms with Crippen LogP contribution in [-0.2, 0) is 6.67 Å². The van der Waals surface area contributed by atoms with E-state index in [1.165, 1.54) is 15.7 Å². The van der Waals surface area contributed by atoms with Crippen molar-refractivity contribution in [1.29, 1.82) is 0 Å². The van der Waals surface area contributed by atoms with Crippen LogP contribution >= 0.6 is 0 Å². The Bertz CT molecular complexity index is 602. The van der Waals surface area contributed by atoms with Gasteiger partial charge in [-0.2, -0.15) is 9.78 Å². The molecule has 0 saturated carbocycles. The minimum Gasteiger partial charge on any atom is -0.390 e. The molecule has 0 fully saturated rings. The Hall–Kier alpha value is -2.78. The standard InChI is InChI=1S/C9H11N7O3/c1-2-10-8(17)7-3-4-14(12-7)6-15-5-11-9(13-15)16(18)19/h3-5H,2,6H2,1H3,(H,10,17). The van der Waals surface area contributed by atoms with Gasteiger partial charge in [-0.1, -0.05) is 4.98 Å². The van der Waals surface area contributed by atoms with Crippen LogP contribution < -0.4 is 5.32 Å². The van der Waals surface area contributed by atoms with Gasteiger partial charge in [0.15, 0.2) is 6.67 Å². The lowest BCUT2D eigenvalue weighted by atomic mass is 10.4. The summed E-state index contributed by atoms with van der Waals surface area (Å²) in [6, 6.07) is 1.55. The molecular weight excluding hydrogens is 254 g/mol. The summed E-state index contributed by atoms with van der Waals surface area (Å²) < 4.78 is 2.69. The van der Waals surface area contributed by atoms with E-state index in [1.54, 1.807) is 12.3 Å². The van der Waals surface area contributed by atoms with Crippen molar-refractivity contribution < 1.29 is 9.72 Å². The first kappa shape index (κ1) is 12.7. The van der Waals surface area contributed by atoms with E-state index in [9.17, 15) is 14.9 Å². The van der Waals surface area contributed by atoms with Crippen molar-refractivity contribution in [2.75, 3.05) is 6.54 Å². The molecule has 2 rings (SSSR count). The Kier molecular flexibility index (Phi) is 3.50. The molecule has 0 aliphatic heterocycles. The third-order valence-electron chi connectivity index (χ3n) is 2.19. The van der Waals surface area contributed by atoms with Gasteiger partial charge in [-0.3, -0.25) is 4.79 Å². The summed E-state index contributed by atoms with van der Waals surface area (Å²) in [5.41, 5.74) is 0.275. The minimum atomic E-state index is -0.681. The second-order valence-electron chi connectivity index (χ2n) is 3.58. The van der Waals surface area contributed by atoms with Gasteiger partial charge >= 0.3 is 5.95 Å². The van der Waals surface area contributed by atoms with Gasteiger partial charge in [0, 0.05) is 17.8 Å². The predicted molar refractivity (Wildman–Crippen MR) is 62.3 cm³/mol. The van der Waals surface area contributed by atoms with E-state index in [0.29, 0.717) is 6.54 Å². The molecule has 19 heavy (non-hydrogen) atoms. The van der Waals surface area contributed by atoms with E-state index in [0.717, 1.165) is 0 Å². The molecule has 0 aliphatic carbocycles. The van der Waals surface area contributed by atoms with Gasteiger partial charge in [0.2, 0.25) is 6.33 Å². The number of amides is 1. The van der Waals surface area contributed by atoms with Crippen LogP contribution in [0, 0.1) is 10.1 Å². The average Bonchev–Trinajstić information content (AvgIpc) is 2.99. The molecule has 2 aromatic heterocycles. The zero-order valence-electron chi connectivity index (χ0n) is 10.1. The highest BCUT2D eigenvalue weighted by Gasteiger charge is 2.14. The molecule has 1 amide bonds. The number of hydrogen-bond donors (Lipinski definition) is 1. The maximum absolute atomic E-state index is 11.5. The van der Waals surface area contributed by atoms with Gasteiger partial charge in [-0.15, -0.1) is 0 Å². The van der Waals surface area contributed by atoms with Crippen molar-refractivity contribution in [2.45, 2.75) is 13.6 Å². The minimum absolute atomic E-state index is 0.139. The Labute approximate surface area is 107 Å². The van der Waals surface area contributed by atoms with Gasteiger partial charge in [-0.25, -0.2) is 4.68 Å². The molecule has 2 heterocycles. The molecule has 10 nitrogen and oxygen atoms in total. The van der Waals surface area contributed by atoms with E-state index >= 15 is 0 Å². The Morgan fingerprint density at radius 1 is 1.47 bits per heavy atom.